The van der Waals surface area contributed by atoms with Crippen LogP contribution < -0.4 is 5.32 Å². The number of nitrogens with zero attached hydrogens (tertiary/aromatic N) is 1. The molecule has 120 valence electrons. The van der Waals surface area contributed by atoms with Crippen LogP contribution in [-0.2, 0) is 16.1 Å². The highest BCUT2D eigenvalue weighted by molar-refractivity contribution is 6.06. The zero-order valence-corrected chi connectivity index (χ0v) is 12.4. The van der Waals surface area contributed by atoms with Gasteiger partial charge in [-0.15, -0.1) is 0 Å². The number of piperidine rings is 1. The average Bonchev–Trinajstić information content (AvgIpc) is 2.84. The van der Waals surface area contributed by atoms with E-state index in [1.807, 2.05) is 0 Å². The van der Waals surface area contributed by atoms with E-state index >= 15 is 0 Å². The van der Waals surface area contributed by atoms with Crippen molar-refractivity contribution in [1.82, 2.24) is 10.2 Å². The molecule has 23 heavy (non-hydrogen) atoms. The van der Waals surface area contributed by atoms with E-state index in [2.05, 4.69) is 5.32 Å². The maximum atomic E-state index is 12.5. The van der Waals surface area contributed by atoms with Crippen LogP contribution in [0.5, 0.6) is 0 Å². The van der Waals surface area contributed by atoms with Crippen LogP contribution in [0.2, 0.25) is 0 Å². The molecule has 1 aromatic rings. The first kappa shape index (κ1) is 15.4. The van der Waals surface area contributed by atoms with E-state index in [1.54, 1.807) is 18.2 Å². The minimum atomic E-state index is -0.663. The molecule has 3 amide bonds. The number of ketones is 1. The smallest absolute Gasteiger partial charge is 0.255 e. The second-order valence-electron chi connectivity index (χ2n) is 5.67. The summed E-state index contributed by atoms with van der Waals surface area (Å²) in [7, 11) is 0. The molecule has 7 nitrogen and oxygen atoms in total. The molecule has 0 aliphatic carbocycles. The summed E-state index contributed by atoms with van der Waals surface area (Å²) < 4.78 is 0. The quantitative estimate of drug-likeness (QED) is 0.602. The molecule has 3 rings (SSSR count). The van der Waals surface area contributed by atoms with E-state index in [4.69, 9.17) is 5.11 Å². The zero-order chi connectivity index (χ0) is 16.6. The Morgan fingerprint density at radius 3 is 2.78 bits per heavy atom. The number of aliphatic hydroxyl groups excluding tert-OH is 1. The molecule has 2 N–H and O–H groups in total. The van der Waals surface area contributed by atoms with Crippen LogP contribution >= 0.6 is 0 Å². The first-order chi connectivity index (χ1) is 11.0. The van der Waals surface area contributed by atoms with Gasteiger partial charge in [-0.2, -0.15) is 0 Å². The Morgan fingerprint density at radius 1 is 1.30 bits per heavy atom. The lowest BCUT2D eigenvalue weighted by molar-refractivity contribution is -0.136. The minimum absolute atomic E-state index is 0.0313. The molecular formula is C16H16N2O5. The van der Waals surface area contributed by atoms with Gasteiger partial charge >= 0.3 is 0 Å². The van der Waals surface area contributed by atoms with Crippen molar-refractivity contribution in [3.05, 3.63) is 34.9 Å². The van der Waals surface area contributed by atoms with E-state index in [-0.39, 0.29) is 43.6 Å². The number of benzene rings is 1. The SMILES string of the molecule is O=C1CCC(N2Cc3cc(C(=O)CCO)ccc3C2=O)C(=O)N1. The lowest BCUT2D eigenvalue weighted by atomic mass is 10.0. The number of amides is 3. The van der Waals surface area contributed by atoms with Crippen molar-refractivity contribution in [3.8, 4) is 0 Å². The highest BCUT2D eigenvalue weighted by Crippen LogP contribution is 2.28. The third kappa shape index (κ3) is 2.75. The molecule has 0 saturated carbocycles. The maximum Gasteiger partial charge on any atom is 0.255 e. The van der Waals surface area contributed by atoms with Gasteiger partial charge in [0.2, 0.25) is 11.8 Å². The van der Waals surface area contributed by atoms with Crippen molar-refractivity contribution in [2.45, 2.75) is 31.8 Å². The van der Waals surface area contributed by atoms with Gasteiger partial charge in [0.25, 0.3) is 5.91 Å². The summed E-state index contributed by atoms with van der Waals surface area (Å²) in [6.45, 7) is 0.0118. The summed E-state index contributed by atoms with van der Waals surface area (Å²) in [4.78, 5) is 48.9. The number of nitrogens with one attached hydrogen (secondary N) is 1. The predicted molar refractivity (Wildman–Crippen MR) is 78.5 cm³/mol. The molecule has 0 spiro atoms. The standard InChI is InChI=1S/C16H16N2O5/c19-6-5-13(20)9-1-2-11-10(7-9)8-18(16(11)23)12-3-4-14(21)17-15(12)22/h1-2,7,12,19H,3-6,8H2,(H,17,21,22). The average molecular weight is 316 g/mol. The van der Waals surface area contributed by atoms with E-state index in [1.165, 1.54) is 4.90 Å². The van der Waals surface area contributed by atoms with Crippen LogP contribution in [0.4, 0.5) is 0 Å². The Hall–Kier alpha value is -2.54. The van der Waals surface area contributed by atoms with Gasteiger partial charge in [-0.25, -0.2) is 0 Å². The second-order valence-corrected chi connectivity index (χ2v) is 5.67. The fraction of sp³-hybridized carbons (Fsp3) is 0.375. The molecule has 0 aromatic heterocycles. The summed E-state index contributed by atoms with van der Waals surface area (Å²) in [5, 5.41) is 11.1. The van der Waals surface area contributed by atoms with Gasteiger partial charge in [-0.05, 0) is 24.1 Å². The fourth-order valence-electron chi connectivity index (χ4n) is 2.99. The number of imide groups is 1. The van der Waals surface area contributed by atoms with Crippen LogP contribution in [0.25, 0.3) is 0 Å². The first-order valence-electron chi connectivity index (χ1n) is 7.43. The van der Waals surface area contributed by atoms with Crippen LogP contribution in [0.3, 0.4) is 0 Å². The van der Waals surface area contributed by atoms with Crippen LogP contribution in [0.1, 0.15) is 45.5 Å². The number of hydrogen-bond acceptors (Lipinski definition) is 5. The number of aliphatic hydroxyl groups is 1. The summed E-state index contributed by atoms with van der Waals surface area (Å²) in [6.07, 6.45) is 0.543. The van der Waals surface area contributed by atoms with Gasteiger partial charge in [-0.1, -0.05) is 6.07 Å². The molecule has 2 aliphatic heterocycles. The van der Waals surface area contributed by atoms with Gasteiger partial charge in [0.15, 0.2) is 5.78 Å². The van der Waals surface area contributed by atoms with E-state index in [9.17, 15) is 19.2 Å². The number of rotatable bonds is 4. The van der Waals surface area contributed by atoms with Gasteiger partial charge < -0.3 is 10.0 Å². The highest BCUT2D eigenvalue weighted by Gasteiger charge is 2.39. The first-order valence-corrected chi connectivity index (χ1v) is 7.43. The van der Waals surface area contributed by atoms with Crippen molar-refractivity contribution in [2.75, 3.05) is 6.61 Å². The van der Waals surface area contributed by atoms with Crippen LogP contribution in [0, 0.1) is 0 Å². The Balaban J connectivity index is 1.83. The van der Waals surface area contributed by atoms with Crippen molar-refractivity contribution in [3.63, 3.8) is 0 Å². The van der Waals surface area contributed by atoms with E-state index in [0.717, 1.165) is 0 Å². The van der Waals surface area contributed by atoms with Crippen molar-refractivity contribution in [2.24, 2.45) is 0 Å². The molecule has 1 fully saturated rings. The number of carbonyl (C=O) groups excluding carboxylic acids is 4. The molecule has 0 bridgehead atoms. The molecule has 1 aromatic carbocycles. The van der Waals surface area contributed by atoms with Gasteiger partial charge in [0, 0.05) is 30.5 Å². The zero-order valence-electron chi connectivity index (χ0n) is 12.4. The van der Waals surface area contributed by atoms with E-state index < -0.39 is 11.9 Å². The summed E-state index contributed by atoms with van der Waals surface area (Å²) in [5.41, 5.74) is 1.59. The summed E-state index contributed by atoms with van der Waals surface area (Å²) in [6, 6.07) is 4.11. The lowest BCUT2D eigenvalue weighted by Crippen LogP contribution is -2.52. The Bertz CT molecular complexity index is 712. The molecule has 1 atom stereocenters. The topological polar surface area (TPSA) is 104 Å². The third-order valence-electron chi connectivity index (χ3n) is 4.18. The Kier molecular flexibility index (Phi) is 3.96. The molecular weight excluding hydrogens is 300 g/mol. The van der Waals surface area contributed by atoms with Crippen molar-refractivity contribution in [1.29, 1.82) is 0 Å². The van der Waals surface area contributed by atoms with Crippen molar-refractivity contribution < 1.29 is 24.3 Å². The molecule has 2 aliphatic rings. The molecule has 0 radical (unpaired) electrons. The third-order valence-corrected chi connectivity index (χ3v) is 4.18. The molecule has 1 unspecified atom stereocenters. The monoisotopic (exact) mass is 316 g/mol. The van der Waals surface area contributed by atoms with Crippen LogP contribution in [0.15, 0.2) is 18.2 Å². The highest BCUT2D eigenvalue weighted by atomic mass is 16.3. The number of hydrogen-bond donors (Lipinski definition) is 2. The second kappa shape index (κ2) is 5.92. The molecule has 2 heterocycles. The van der Waals surface area contributed by atoms with Crippen LogP contribution in [-0.4, -0.2) is 46.2 Å². The predicted octanol–water partition coefficient (Wildman–Crippen LogP) is 0.0127. The summed E-state index contributed by atoms with van der Waals surface area (Å²) >= 11 is 0. The maximum absolute atomic E-state index is 12.5. The van der Waals surface area contributed by atoms with Gasteiger partial charge in [0.1, 0.15) is 6.04 Å². The lowest BCUT2D eigenvalue weighted by Gasteiger charge is -2.29. The normalized spacial score (nSPS) is 20.5. The number of Topliss-reactive ketones (excluding diaryl/α,β-unsaturated/α-hetero) is 1. The van der Waals surface area contributed by atoms with Gasteiger partial charge in [0.05, 0.1) is 6.61 Å². The van der Waals surface area contributed by atoms with Crippen molar-refractivity contribution >= 4 is 23.5 Å². The summed E-state index contributed by atoms with van der Waals surface area (Å²) in [5.74, 6) is -1.25. The largest absolute Gasteiger partial charge is 0.396 e. The van der Waals surface area contributed by atoms with Gasteiger partial charge in [-0.3, -0.25) is 24.5 Å². The number of fused-ring (bicyclic) bond motifs is 1. The molecule has 1 saturated heterocycles. The Labute approximate surface area is 132 Å². The Morgan fingerprint density at radius 2 is 2.09 bits per heavy atom. The van der Waals surface area contributed by atoms with E-state index in [0.29, 0.717) is 23.1 Å². The minimum Gasteiger partial charge on any atom is -0.396 e. The molecule has 7 heteroatoms. The fourth-order valence-corrected chi connectivity index (χ4v) is 2.99. The number of carbonyl (C=O) groups is 4.